The maximum Gasteiger partial charge on any atom is 0.326 e. The average Bonchev–Trinajstić information content (AvgIpc) is 3.09. The zero-order chi connectivity index (χ0) is 14.5. The van der Waals surface area contributed by atoms with Crippen LogP contribution in [0.2, 0.25) is 0 Å². The fourth-order valence-corrected chi connectivity index (χ4v) is 3.37. The van der Waals surface area contributed by atoms with Crippen molar-refractivity contribution < 1.29 is 14.7 Å². The van der Waals surface area contributed by atoms with E-state index < -0.39 is 12.0 Å². The van der Waals surface area contributed by atoms with Crippen LogP contribution in [0.4, 0.5) is 4.79 Å². The van der Waals surface area contributed by atoms with Crippen LogP contribution in [0, 0.1) is 0 Å². The predicted octanol–water partition coefficient (Wildman–Crippen LogP) is 2.85. The SMILES string of the molecule is CCCC(NC(=O)N1CCC[C@@H]1C(=O)O)c1cccs1. The molecule has 1 aromatic rings. The molecule has 1 aliphatic rings. The molecule has 6 heteroatoms. The van der Waals surface area contributed by atoms with Crippen LogP contribution in [0.5, 0.6) is 0 Å². The fourth-order valence-electron chi connectivity index (χ4n) is 2.56. The minimum atomic E-state index is -0.916. The van der Waals surface area contributed by atoms with Gasteiger partial charge in [0.05, 0.1) is 6.04 Å². The van der Waals surface area contributed by atoms with Gasteiger partial charge in [-0.3, -0.25) is 0 Å². The summed E-state index contributed by atoms with van der Waals surface area (Å²) in [5.41, 5.74) is 0. The molecule has 2 amide bonds. The molecule has 0 aliphatic carbocycles. The quantitative estimate of drug-likeness (QED) is 0.877. The molecular formula is C14H20N2O3S. The number of carboxylic acid groups (broad SMARTS) is 1. The van der Waals surface area contributed by atoms with Gasteiger partial charge in [0.1, 0.15) is 6.04 Å². The Morgan fingerprint density at radius 1 is 1.60 bits per heavy atom. The first kappa shape index (κ1) is 14.8. The van der Waals surface area contributed by atoms with Crippen molar-refractivity contribution in [2.75, 3.05) is 6.54 Å². The van der Waals surface area contributed by atoms with E-state index in [2.05, 4.69) is 12.2 Å². The number of carbonyl (C=O) groups is 2. The second kappa shape index (κ2) is 6.74. The van der Waals surface area contributed by atoms with Crippen molar-refractivity contribution in [2.24, 2.45) is 0 Å². The van der Waals surface area contributed by atoms with Crippen molar-refractivity contribution in [1.29, 1.82) is 0 Å². The van der Waals surface area contributed by atoms with E-state index in [1.165, 1.54) is 4.90 Å². The summed E-state index contributed by atoms with van der Waals surface area (Å²) in [6.45, 7) is 2.59. The highest BCUT2D eigenvalue weighted by Gasteiger charge is 2.34. The van der Waals surface area contributed by atoms with Crippen LogP contribution < -0.4 is 5.32 Å². The van der Waals surface area contributed by atoms with E-state index in [0.717, 1.165) is 24.1 Å². The molecule has 0 spiro atoms. The van der Waals surface area contributed by atoms with E-state index >= 15 is 0 Å². The van der Waals surface area contributed by atoms with Gasteiger partial charge in [-0.25, -0.2) is 9.59 Å². The average molecular weight is 296 g/mol. The summed E-state index contributed by atoms with van der Waals surface area (Å²) >= 11 is 1.61. The third-order valence-corrected chi connectivity index (χ3v) is 4.55. The summed E-state index contributed by atoms with van der Waals surface area (Å²) in [4.78, 5) is 26.0. The third-order valence-electron chi connectivity index (χ3n) is 3.56. The van der Waals surface area contributed by atoms with Crippen LogP contribution in [-0.4, -0.2) is 34.6 Å². The van der Waals surface area contributed by atoms with Crippen LogP contribution in [0.15, 0.2) is 17.5 Å². The van der Waals surface area contributed by atoms with Crippen LogP contribution in [0.3, 0.4) is 0 Å². The molecule has 2 N–H and O–H groups in total. The summed E-state index contributed by atoms with van der Waals surface area (Å²) in [7, 11) is 0. The summed E-state index contributed by atoms with van der Waals surface area (Å²) in [5.74, 6) is -0.916. The smallest absolute Gasteiger partial charge is 0.326 e. The number of hydrogen-bond donors (Lipinski definition) is 2. The van der Waals surface area contributed by atoms with Gasteiger partial charge in [0, 0.05) is 11.4 Å². The number of carbonyl (C=O) groups excluding carboxylic acids is 1. The van der Waals surface area contributed by atoms with Crippen molar-refractivity contribution >= 4 is 23.3 Å². The molecule has 110 valence electrons. The molecule has 2 rings (SSSR count). The Hall–Kier alpha value is -1.56. The zero-order valence-corrected chi connectivity index (χ0v) is 12.4. The highest BCUT2D eigenvalue weighted by atomic mass is 32.1. The van der Waals surface area contributed by atoms with Crippen LogP contribution in [0.25, 0.3) is 0 Å². The second-order valence-electron chi connectivity index (χ2n) is 5.00. The molecule has 0 aromatic carbocycles. The van der Waals surface area contributed by atoms with Crippen LogP contribution in [-0.2, 0) is 4.79 Å². The molecule has 20 heavy (non-hydrogen) atoms. The van der Waals surface area contributed by atoms with Crippen LogP contribution >= 0.6 is 11.3 Å². The summed E-state index contributed by atoms with van der Waals surface area (Å²) in [5, 5.41) is 14.1. The number of amides is 2. The minimum absolute atomic E-state index is 0.0254. The molecule has 1 aliphatic heterocycles. The molecule has 0 bridgehead atoms. The lowest BCUT2D eigenvalue weighted by Crippen LogP contribution is -2.46. The molecular weight excluding hydrogens is 276 g/mol. The van der Waals surface area contributed by atoms with Gasteiger partial charge < -0.3 is 15.3 Å². The fraction of sp³-hybridized carbons (Fsp3) is 0.571. The summed E-state index contributed by atoms with van der Waals surface area (Å²) < 4.78 is 0. The Kier molecular flexibility index (Phi) is 5.00. The van der Waals surface area contributed by atoms with Gasteiger partial charge >= 0.3 is 12.0 Å². The Labute approximate surface area is 122 Å². The number of rotatable bonds is 5. The van der Waals surface area contributed by atoms with Crippen molar-refractivity contribution in [3.05, 3.63) is 22.4 Å². The minimum Gasteiger partial charge on any atom is -0.480 e. The third kappa shape index (κ3) is 3.30. The maximum absolute atomic E-state index is 12.3. The number of carboxylic acids is 1. The van der Waals surface area contributed by atoms with Crippen molar-refractivity contribution in [2.45, 2.75) is 44.7 Å². The van der Waals surface area contributed by atoms with Gasteiger partial charge in [-0.2, -0.15) is 0 Å². The number of hydrogen-bond acceptors (Lipinski definition) is 3. The molecule has 0 radical (unpaired) electrons. The van der Waals surface area contributed by atoms with E-state index in [9.17, 15) is 9.59 Å². The van der Waals surface area contributed by atoms with Crippen molar-refractivity contribution in [1.82, 2.24) is 10.2 Å². The zero-order valence-electron chi connectivity index (χ0n) is 11.5. The number of nitrogens with one attached hydrogen (secondary N) is 1. The number of thiophene rings is 1. The topological polar surface area (TPSA) is 69.6 Å². The Balaban J connectivity index is 2.03. The Morgan fingerprint density at radius 3 is 3.00 bits per heavy atom. The standard InChI is InChI=1S/C14H20N2O3S/c1-2-5-10(12-7-4-9-20-12)15-14(19)16-8-3-6-11(16)13(17)18/h4,7,9-11H,2-3,5-6,8H2,1H3,(H,15,19)(H,17,18)/t10?,11-/m1/s1. The molecule has 1 saturated heterocycles. The lowest BCUT2D eigenvalue weighted by Gasteiger charge is -2.25. The Morgan fingerprint density at radius 2 is 2.40 bits per heavy atom. The largest absolute Gasteiger partial charge is 0.480 e. The van der Waals surface area contributed by atoms with E-state index in [0.29, 0.717) is 13.0 Å². The van der Waals surface area contributed by atoms with Crippen molar-refractivity contribution in [3.8, 4) is 0 Å². The first-order chi connectivity index (χ1) is 9.63. The predicted molar refractivity (Wildman–Crippen MR) is 77.9 cm³/mol. The van der Waals surface area contributed by atoms with Gasteiger partial charge in [0.2, 0.25) is 0 Å². The van der Waals surface area contributed by atoms with E-state index in [-0.39, 0.29) is 12.1 Å². The van der Waals surface area contributed by atoms with Gasteiger partial charge in [0.15, 0.2) is 0 Å². The normalized spacial score (nSPS) is 19.9. The van der Waals surface area contributed by atoms with Gasteiger partial charge in [-0.1, -0.05) is 19.4 Å². The molecule has 0 saturated carbocycles. The molecule has 1 aromatic heterocycles. The van der Waals surface area contributed by atoms with Gasteiger partial charge in [-0.15, -0.1) is 11.3 Å². The van der Waals surface area contributed by atoms with Gasteiger partial charge in [-0.05, 0) is 30.7 Å². The first-order valence-corrected chi connectivity index (χ1v) is 7.84. The first-order valence-electron chi connectivity index (χ1n) is 6.96. The van der Waals surface area contributed by atoms with Crippen molar-refractivity contribution in [3.63, 3.8) is 0 Å². The number of aliphatic carboxylic acids is 1. The monoisotopic (exact) mass is 296 g/mol. The number of nitrogens with zero attached hydrogens (tertiary/aromatic N) is 1. The molecule has 2 heterocycles. The summed E-state index contributed by atoms with van der Waals surface area (Å²) in [6.07, 6.45) is 3.12. The molecule has 2 atom stereocenters. The maximum atomic E-state index is 12.3. The molecule has 1 unspecified atom stereocenters. The lowest BCUT2D eigenvalue weighted by molar-refractivity contribution is -0.141. The molecule has 5 nitrogen and oxygen atoms in total. The van der Waals surface area contributed by atoms with Gasteiger partial charge in [0.25, 0.3) is 0 Å². The van der Waals surface area contributed by atoms with Crippen LogP contribution in [0.1, 0.15) is 43.5 Å². The van der Waals surface area contributed by atoms with E-state index in [1.54, 1.807) is 11.3 Å². The second-order valence-corrected chi connectivity index (χ2v) is 5.98. The van der Waals surface area contributed by atoms with E-state index in [4.69, 9.17) is 5.11 Å². The Bertz CT molecular complexity index is 461. The number of likely N-dealkylation sites (tertiary alicyclic amines) is 1. The summed E-state index contributed by atoms with van der Waals surface area (Å²) in [6, 6.07) is 3.00. The van der Waals surface area contributed by atoms with E-state index in [1.807, 2.05) is 17.5 Å². The lowest BCUT2D eigenvalue weighted by atomic mass is 10.1. The highest BCUT2D eigenvalue weighted by molar-refractivity contribution is 7.10. The highest BCUT2D eigenvalue weighted by Crippen LogP contribution is 2.25. The molecule has 1 fully saturated rings. The number of urea groups is 1.